The molecule has 2 amide bonds. The summed E-state index contributed by atoms with van der Waals surface area (Å²) in [6.45, 7) is 1.57. The number of pyridine rings is 1. The number of carbonyl (C=O) groups is 2. The van der Waals surface area contributed by atoms with E-state index in [1.165, 1.54) is 7.11 Å². The number of ether oxygens (including phenoxy) is 1. The summed E-state index contributed by atoms with van der Waals surface area (Å²) in [7, 11) is 1.30. The summed E-state index contributed by atoms with van der Waals surface area (Å²) in [6.07, 6.45) is 3.93. The summed E-state index contributed by atoms with van der Waals surface area (Å²) in [5, 5.41) is 2.69. The predicted octanol–water partition coefficient (Wildman–Crippen LogP) is 1.29. The highest BCUT2D eigenvalue weighted by Gasteiger charge is 2.40. The molecule has 0 unspecified atom stereocenters. The van der Waals surface area contributed by atoms with E-state index >= 15 is 0 Å². The minimum Gasteiger partial charge on any atom is -0.464 e. The molecule has 0 spiro atoms. The Bertz CT molecular complexity index is 828. The third-order valence-corrected chi connectivity index (χ3v) is 4.35. The van der Waals surface area contributed by atoms with Gasteiger partial charge in [-0.05, 0) is 24.6 Å². The molecule has 0 aliphatic carbocycles. The molecule has 1 N–H and O–H groups in total. The van der Waals surface area contributed by atoms with Crippen LogP contribution in [0.25, 0.3) is 0 Å². The fraction of sp³-hybridized carbons (Fsp3) is 0.312. The summed E-state index contributed by atoms with van der Waals surface area (Å²) in [5.41, 5.74) is 0.989. The van der Waals surface area contributed by atoms with Crippen molar-refractivity contribution in [3.63, 3.8) is 0 Å². The Morgan fingerprint density at radius 1 is 1.28 bits per heavy atom. The Kier molecular flexibility index (Phi) is 3.68. The number of aromatic nitrogens is 3. The highest BCUT2D eigenvalue weighted by Crippen LogP contribution is 2.39. The maximum atomic E-state index is 12.8. The fourth-order valence-corrected chi connectivity index (χ4v) is 3.21. The second-order valence-corrected chi connectivity index (χ2v) is 5.79. The van der Waals surface area contributed by atoms with E-state index in [4.69, 9.17) is 4.74 Å². The molecule has 25 heavy (non-hydrogen) atoms. The van der Waals surface area contributed by atoms with E-state index in [9.17, 15) is 9.59 Å². The molecule has 2 aliphatic heterocycles. The number of fused-ring (bicyclic) bond motifs is 4. The summed E-state index contributed by atoms with van der Waals surface area (Å²) >= 11 is 0. The molecule has 9 heteroatoms. The van der Waals surface area contributed by atoms with Gasteiger partial charge in [0.15, 0.2) is 11.5 Å². The van der Waals surface area contributed by atoms with Crippen molar-refractivity contribution >= 4 is 29.5 Å². The molecular weight excluding hydrogens is 324 g/mol. The molecule has 128 valence electrons. The summed E-state index contributed by atoms with van der Waals surface area (Å²) in [6, 6.07) is 4.70. The van der Waals surface area contributed by atoms with Gasteiger partial charge in [-0.25, -0.2) is 24.5 Å². The van der Waals surface area contributed by atoms with Gasteiger partial charge < -0.3 is 9.64 Å². The van der Waals surface area contributed by atoms with Crippen LogP contribution in [0.15, 0.2) is 30.6 Å². The van der Waals surface area contributed by atoms with Crippen molar-refractivity contribution in [3.8, 4) is 0 Å². The largest absolute Gasteiger partial charge is 0.464 e. The number of hydrogen-bond donors (Lipinski definition) is 1. The van der Waals surface area contributed by atoms with Crippen LogP contribution in [0.1, 0.15) is 16.9 Å². The normalized spacial score (nSPS) is 17.9. The number of esters is 1. The van der Waals surface area contributed by atoms with Gasteiger partial charge in [-0.2, -0.15) is 0 Å². The number of carbonyl (C=O) groups excluding carboxylic acids is 2. The van der Waals surface area contributed by atoms with Gasteiger partial charge in [0.05, 0.1) is 18.8 Å². The van der Waals surface area contributed by atoms with E-state index in [2.05, 4.69) is 25.2 Å². The second kappa shape index (κ2) is 6.00. The first-order chi connectivity index (χ1) is 12.2. The van der Waals surface area contributed by atoms with E-state index in [1.54, 1.807) is 35.5 Å². The van der Waals surface area contributed by atoms with Crippen LogP contribution in [0.3, 0.4) is 0 Å². The highest BCUT2D eigenvalue weighted by atomic mass is 16.5. The standard InChI is InChI=1S/C16H16N6O3/c1-25-14(23)11-3-4-12-13(19-11)22(10-5-8-21(12)9-10)16(24)20-15-17-6-2-7-18-15/h2-4,6-7,10H,5,8-9H2,1H3,(H,17,18,20,24)/t10-/m0/s1. The Labute approximate surface area is 143 Å². The minimum absolute atomic E-state index is 0.0170. The number of anilines is 3. The van der Waals surface area contributed by atoms with Crippen LogP contribution in [-0.4, -0.2) is 53.2 Å². The minimum atomic E-state index is -0.539. The van der Waals surface area contributed by atoms with E-state index < -0.39 is 5.97 Å². The van der Waals surface area contributed by atoms with E-state index in [0.717, 1.165) is 25.2 Å². The van der Waals surface area contributed by atoms with Gasteiger partial charge in [-0.1, -0.05) is 0 Å². The molecule has 0 saturated carbocycles. The predicted molar refractivity (Wildman–Crippen MR) is 89.7 cm³/mol. The molecule has 4 heterocycles. The zero-order valence-electron chi connectivity index (χ0n) is 13.5. The molecule has 2 aromatic rings. The number of rotatable bonds is 2. The third kappa shape index (κ3) is 2.63. The van der Waals surface area contributed by atoms with Crippen LogP contribution in [0, 0.1) is 0 Å². The van der Waals surface area contributed by atoms with Gasteiger partial charge in [-0.15, -0.1) is 0 Å². The maximum Gasteiger partial charge on any atom is 0.356 e. The van der Waals surface area contributed by atoms with Gasteiger partial charge in [-0.3, -0.25) is 10.2 Å². The monoisotopic (exact) mass is 340 g/mol. The van der Waals surface area contributed by atoms with Crippen molar-refractivity contribution in [1.82, 2.24) is 15.0 Å². The topological polar surface area (TPSA) is 101 Å². The van der Waals surface area contributed by atoms with Gasteiger partial charge >= 0.3 is 12.0 Å². The van der Waals surface area contributed by atoms with Crippen LogP contribution in [-0.2, 0) is 4.74 Å². The Hall–Kier alpha value is -3.23. The van der Waals surface area contributed by atoms with Crippen LogP contribution < -0.4 is 15.1 Å². The molecule has 2 aromatic heterocycles. The first kappa shape index (κ1) is 15.3. The first-order valence-corrected chi connectivity index (χ1v) is 7.89. The Morgan fingerprint density at radius 3 is 2.84 bits per heavy atom. The quantitative estimate of drug-likeness (QED) is 0.822. The SMILES string of the molecule is COC(=O)c1ccc2c(n1)N(C(=O)Nc1ncccn1)[C@H]1CCN2C1. The fourth-order valence-electron chi connectivity index (χ4n) is 3.21. The number of urea groups is 1. The van der Waals surface area contributed by atoms with Gasteiger partial charge in [0.1, 0.15) is 0 Å². The number of hydrogen-bond acceptors (Lipinski definition) is 7. The zero-order valence-corrected chi connectivity index (χ0v) is 13.5. The van der Waals surface area contributed by atoms with Crippen LogP contribution in [0.4, 0.5) is 22.2 Å². The molecule has 4 rings (SSSR count). The smallest absolute Gasteiger partial charge is 0.356 e. The van der Waals surface area contributed by atoms with Gasteiger partial charge in [0.2, 0.25) is 5.95 Å². The average Bonchev–Trinajstić information content (AvgIpc) is 3.06. The molecule has 2 aliphatic rings. The highest BCUT2D eigenvalue weighted by molar-refractivity contribution is 6.04. The number of nitrogens with one attached hydrogen (secondary N) is 1. The summed E-state index contributed by atoms with van der Waals surface area (Å²) in [4.78, 5) is 40.8. The molecule has 1 saturated heterocycles. The number of nitrogens with zero attached hydrogens (tertiary/aromatic N) is 5. The number of methoxy groups -OCH3 is 1. The van der Waals surface area contributed by atoms with Gasteiger partial charge in [0, 0.05) is 25.5 Å². The Morgan fingerprint density at radius 2 is 2.08 bits per heavy atom. The molecule has 1 atom stereocenters. The maximum absolute atomic E-state index is 12.8. The summed E-state index contributed by atoms with van der Waals surface area (Å²) in [5.74, 6) is 0.131. The van der Waals surface area contributed by atoms with Gasteiger partial charge in [0.25, 0.3) is 0 Å². The third-order valence-electron chi connectivity index (χ3n) is 4.35. The molecule has 0 aromatic carbocycles. The molecule has 1 fully saturated rings. The van der Waals surface area contributed by atoms with Crippen LogP contribution >= 0.6 is 0 Å². The van der Waals surface area contributed by atoms with Crippen molar-refractivity contribution in [2.24, 2.45) is 0 Å². The lowest BCUT2D eigenvalue weighted by molar-refractivity contribution is 0.0594. The summed E-state index contributed by atoms with van der Waals surface area (Å²) < 4.78 is 4.73. The lowest BCUT2D eigenvalue weighted by Gasteiger charge is -2.35. The van der Waals surface area contributed by atoms with E-state index in [0.29, 0.717) is 5.82 Å². The van der Waals surface area contributed by atoms with Crippen molar-refractivity contribution in [2.75, 3.05) is 35.3 Å². The zero-order chi connectivity index (χ0) is 17.4. The Balaban J connectivity index is 1.71. The van der Waals surface area contributed by atoms with Crippen LogP contribution in [0.2, 0.25) is 0 Å². The molecule has 0 radical (unpaired) electrons. The van der Waals surface area contributed by atoms with Crippen molar-refractivity contribution < 1.29 is 14.3 Å². The molecular formula is C16H16N6O3. The second-order valence-electron chi connectivity index (χ2n) is 5.79. The lowest BCUT2D eigenvalue weighted by Crippen LogP contribution is -2.48. The van der Waals surface area contributed by atoms with Crippen molar-refractivity contribution in [1.29, 1.82) is 0 Å². The molecule has 9 nitrogen and oxygen atoms in total. The van der Waals surface area contributed by atoms with Crippen LogP contribution in [0.5, 0.6) is 0 Å². The van der Waals surface area contributed by atoms with Crippen molar-refractivity contribution in [3.05, 3.63) is 36.3 Å². The first-order valence-electron chi connectivity index (χ1n) is 7.89. The van der Waals surface area contributed by atoms with E-state index in [1.807, 2.05) is 0 Å². The van der Waals surface area contributed by atoms with E-state index in [-0.39, 0.29) is 23.7 Å². The average molecular weight is 340 g/mol. The lowest BCUT2D eigenvalue weighted by atomic mass is 10.2. The molecule has 2 bridgehead atoms. The van der Waals surface area contributed by atoms with Crippen molar-refractivity contribution in [2.45, 2.75) is 12.5 Å². The number of amides is 2.